The summed E-state index contributed by atoms with van der Waals surface area (Å²) in [6.45, 7) is 0.366. The monoisotopic (exact) mass is 576 g/mol. The molecule has 2 amide bonds. The van der Waals surface area contributed by atoms with Gasteiger partial charge in [-0.15, -0.1) is 0 Å². The van der Waals surface area contributed by atoms with E-state index in [9.17, 15) is 14.7 Å². The van der Waals surface area contributed by atoms with Crippen LogP contribution in [0.5, 0.6) is 0 Å². The van der Waals surface area contributed by atoms with Crippen LogP contribution in [0.25, 0.3) is 0 Å². The molecule has 10 nitrogen and oxygen atoms in total. The number of hydroxylamine groups is 1. The zero-order chi connectivity index (χ0) is 27.8. The molecule has 4 N–H and O–H groups in total. The van der Waals surface area contributed by atoms with Crippen LogP contribution in [0.1, 0.15) is 61.2 Å². The zero-order valence-corrected chi connectivity index (χ0v) is 22.6. The summed E-state index contributed by atoms with van der Waals surface area (Å²) >= 11 is 12.3. The van der Waals surface area contributed by atoms with Crippen molar-refractivity contribution in [2.45, 2.75) is 63.8 Å². The summed E-state index contributed by atoms with van der Waals surface area (Å²) in [7, 11) is 0. The van der Waals surface area contributed by atoms with Crippen LogP contribution in [0.15, 0.2) is 54.9 Å². The Bertz CT molecular complexity index is 1270. The molecule has 4 rings (SSSR count). The number of halogens is 2. The smallest absolute Gasteiger partial charge is 0.243 e. The first-order chi connectivity index (χ1) is 18.9. The number of unbranched alkanes of at least 4 members (excludes halogenated alkanes) is 1. The largest absolute Gasteiger partial charge is 0.392 e. The van der Waals surface area contributed by atoms with Gasteiger partial charge in [0.2, 0.25) is 11.8 Å². The third-order valence-corrected chi connectivity index (χ3v) is 7.14. The van der Waals surface area contributed by atoms with Gasteiger partial charge in [0.1, 0.15) is 5.15 Å². The minimum Gasteiger partial charge on any atom is -0.392 e. The topological polar surface area (TPSA) is 135 Å². The summed E-state index contributed by atoms with van der Waals surface area (Å²) in [6.07, 6.45) is 2.18. The lowest BCUT2D eigenvalue weighted by Gasteiger charge is -2.36. The van der Waals surface area contributed by atoms with Gasteiger partial charge in [-0.25, -0.2) is 10.5 Å². The second-order valence-electron chi connectivity index (χ2n) is 9.24. The van der Waals surface area contributed by atoms with Crippen LogP contribution in [0.2, 0.25) is 10.3 Å². The SMILES string of the molecule is O=C(CCCCC(=O)Nc1cccc([C@H]2O[C@@H](Cn3cnc(Cl)c3Cl)C[C@@H](c3ccc(CO)cc3)O2)c1)NO. The van der Waals surface area contributed by atoms with Crippen molar-refractivity contribution < 1.29 is 29.4 Å². The molecule has 3 aromatic rings. The van der Waals surface area contributed by atoms with Crippen LogP contribution < -0.4 is 10.8 Å². The molecule has 3 atom stereocenters. The fourth-order valence-electron chi connectivity index (χ4n) is 4.34. The molecule has 0 spiro atoms. The third-order valence-electron chi connectivity index (χ3n) is 6.37. The Kier molecular flexibility index (Phi) is 10.3. The van der Waals surface area contributed by atoms with Gasteiger partial charge in [-0.05, 0) is 36.1 Å². The number of benzene rings is 2. The second kappa shape index (κ2) is 13.9. The number of hydrogen-bond donors (Lipinski definition) is 4. The summed E-state index contributed by atoms with van der Waals surface area (Å²) in [5, 5.41) is 21.4. The molecule has 0 unspecified atom stereocenters. The number of ether oxygens (including phenoxy) is 2. The van der Waals surface area contributed by atoms with E-state index in [-0.39, 0.29) is 42.7 Å². The van der Waals surface area contributed by atoms with Gasteiger partial charge < -0.3 is 24.5 Å². The number of hydrogen-bond acceptors (Lipinski definition) is 7. The summed E-state index contributed by atoms with van der Waals surface area (Å²) in [5.74, 6) is -0.664. The molecule has 1 aliphatic heterocycles. The summed E-state index contributed by atoms with van der Waals surface area (Å²) in [5.41, 5.74) is 4.64. The van der Waals surface area contributed by atoms with Crippen LogP contribution in [0.3, 0.4) is 0 Å². The quantitative estimate of drug-likeness (QED) is 0.144. The fraction of sp³-hybridized carbons (Fsp3) is 0.370. The zero-order valence-electron chi connectivity index (χ0n) is 21.1. The Hall–Kier alpha value is -2.99. The Morgan fingerprint density at radius 2 is 1.77 bits per heavy atom. The molecule has 1 saturated heterocycles. The summed E-state index contributed by atoms with van der Waals surface area (Å²) < 4.78 is 14.4. The normalized spacial score (nSPS) is 19.0. The molecule has 2 heterocycles. The Labute approximate surface area is 235 Å². The van der Waals surface area contributed by atoms with Crippen molar-refractivity contribution in [2.24, 2.45) is 0 Å². The van der Waals surface area contributed by atoms with Gasteiger partial charge in [0.15, 0.2) is 11.4 Å². The van der Waals surface area contributed by atoms with Crippen molar-refractivity contribution in [3.8, 4) is 0 Å². The highest BCUT2D eigenvalue weighted by Gasteiger charge is 2.33. The van der Waals surface area contributed by atoms with Gasteiger partial charge in [0, 0.05) is 30.5 Å². The number of nitrogens with zero attached hydrogens (tertiary/aromatic N) is 2. The van der Waals surface area contributed by atoms with Crippen molar-refractivity contribution >= 4 is 40.7 Å². The predicted octanol–water partition coefficient (Wildman–Crippen LogP) is 4.93. The van der Waals surface area contributed by atoms with Crippen LogP contribution in [-0.4, -0.2) is 37.8 Å². The van der Waals surface area contributed by atoms with Crippen molar-refractivity contribution in [1.29, 1.82) is 0 Å². The van der Waals surface area contributed by atoms with Crippen molar-refractivity contribution in [3.05, 3.63) is 81.9 Å². The van der Waals surface area contributed by atoms with Crippen LogP contribution in [0, 0.1) is 0 Å². The molecule has 1 fully saturated rings. The van der Waals surface area contributed by atoms with Gasteiger partial charge in [0.05, 0.1) is 31.7 Å². The maximum Gasteiger partial charge on any atom is 0.243 e. The maximum atomic E-state index is 12.4. The number of anilines is 1. The number of carbonyl (C=O) groups is 2. The lowest BCUT2D eigenvalue weighted by atomic mass is 10.00. The predicted molar refractivity (Wildman–Crippen MR) is 144 cm³/mol. The molecule has 0 bridgehead atoms. The number of imidazole rings is 1. The van der Waals surface area contributed by atoms with E-state index in [2.05, 4.69) is 10.3 Å². The minimum absolute atomic E-state index is 0.0451. The number of carbonyl (C=O) groups excluding carboxylic acids is 2. The average Bonchev–Trinajstić information content (AvgIpc) is 3.27. The first-order valence-corrected chi connectivity index (χ1v) is 13.3. The number of aliphatic hydroxyl groups is 1. The number of nitrogens with one attached hydrogen (secondary N) is 2. The second-order valence-corrected chi connectivity index (χ2v) is 9.96. The Morgan fingerprint density at radius 1 is 1.03 bits per heavy atom. The molecule has 1 aromatic heterocycles. The number of aliphatic hydroxyl groups excluding tert-OH is 1. The summed E-state index contributed by atoms with van der Waals surface area (Å²) in [6, 6.07) is 14.8. The van der Waals surface area contributed by atoms with Crippen LogP contribution in [-0.2, 0) is 32.2 Å². The number of amides is 2. The minimum atomic E-state index is -0.724. The molecule has 0 aliphatic carbocycles. The highest BCUT2D eigenvalue weighted by Crippen LogP contribution is 2.39. The van der Waals surface area contributed by atoms with Gasteiger partial charge in [0.25, 0.3) is 0 Å². The highest BCUT2D eigenvalue weighted by molar-refractivity contribution is 6.40. The Morgan fingerprint density at radius 3 is 2.44 bits per heavy atom. The first-order valence-electron chi connectivity index (χ1n) is 12.6. The molecule has 2 aromatic carbocycles. The molecule has 208 valence electrons. The number of aromatic nitrogens is 2. The third kappa shape index (κ3) is 8.01. The molecular formula is C27H30Cl2N4O6. The highest BCUT2D eigenvalue weighted by atomic mass is 35.5. The lowest BCUT2D eigenvalue weighted by molar-refractivity contribution is -0.252. The van der Waals surface area contributed by atoms with Gasteiger partial charge in [-0.1, -0.05) is 59.6 Å². The van der Waals surface area contributed by atoms with Crippen molar-refractivity contribution in [3.63, 3.8) is 0 Å². The molecule has 0 radical (unpaired) electrons. The first kappa shape index (κ1) is 29.0. The van der Waals surface area contributed by atoms with E-state index in [1.54, 1.807) is 28.5 Å². The van der Waals surface area contributed by atoms with Crippen LogP contribution in [0.4, 0.5) is 5.69 Å². The standard InChI is InChI=1S/C27H30Cl2N4O6/c28-25-26(29)33(16-30-25)14-21-13-22(18-10-8-17(15-34)9-11-18)39-27(38-21)19-4-3-5-20(12-19)31-23(35)6-1-2-7-24(36)32-37/h3-5,8-12,16,21-22,27,34,37H,1-2,6-7,13-15H2,(H,31,35)(H,32,36)/t21-,22+,27+/m1/s1. The van der Waals surface area contributed by atoms with E-state index < -0.39 is 12.2 Å². The van der Waals surface area contributed by atoms with Gasteiger partial charge >= 0.3 is 0 Å². The van der Waals surface area contributed by atoms with Gasteiger partial charge in [-0.2, -0.15) is 0 Å². The van der Waals surface area contributed by atoms with E-state index in [1.165, 1.54) is 0 Å². The van der Waals surface area contributed by atoms with Gasteiger partial charge in [-0.3, -0.25) is 14.8 Å². The maximum absolute atomic E-state index is 12.4. The van der Waals surface area contributed by atoms with E-state index in [4.69, 9.17) is 37.9 Å². The molecule has 0 saturated carbocycles. The lowest BCUT2D eigenvalue weighted by Crippen LogP contribution is -2.32. The van der Waals surface area contributed by atoms with E-state index in [0.29, 0.717) is 36.6 Å². The van der Waals surface area contributed by atoms with E-state index in [1.807, 2.05) is 36.4 Å². The Balaban J connectivity index is 1.47. The summed E-state index contributed by atoms with van der Waals surface area (Å²) in [4.78, 5) is 27.6. The molecule has 12 heteroatoms. The average molecular weight is 577 g/mol. The van der Waals surface area contributed by atoms with Crippen molar-refractivity contribution in [2.75, 3.05) is 5.32 Å². The van der Waals surface area contributed by atoms with E-state index >= 15 is 0 Å². The van der Waals surface area contributed by atoms with E-state index in [0.717, 1.165) is 16.7 Å². The molecule has 39 heavy (non-hydrogen) atoms. The molecule has 1 aliphatic rings. The molecular weight excluding hydrogens is 547 g/mol. The van der Waals surface area contributed by atoms with Crippen molar-refractivity contribution in [1.82, 2.24) is 15.0 Å². The number of rotatable bonds is 11. The van der Waals surface area contributed by atoms with Crippen LogP contribution >= 0.6 is 23.2 Å². The fourth-order valence-corrected chi connectivity index (χ4v) is 4.65.